The molecule has 1 amide bonds. The number of hydrogen-bond acceptors (Lipinski definition) is 5. The molecule has 0 radical (unpaired) electrons. The first-order valence-corrected chi connectivity index (χ1v) is 7.38. The van der Waals surface area contributed by atoms with E-state index < -0.39 is 23.8 Å². The molecular weight excluding hydrogens is 302 g/mol. The smallest absolute Gasteiger partial charge is 0.326 e. The number of aliphatic carboxylic acids is 1. The number of aromatic hydroxyl groups is 2. The minimum absolute atomic E-state index is 0.0622. The highest BCUT2D eigenvalue weighted by Gasteiger charge is 2.25. The van der Waals surface area contributed by atoms with Gasteiger partial charge in [0.2, 0.25) is 5.91 Å². The molecule has 7 nitrogen and oxygen atoms in total. The number of carboxylic acids is 1. The van der Waals surface area contributed by atoms with Crippen LogP contribution in [0.4, 0.5) is 0 Å². The lowest BCUT2D eigenvalue weighted by molar-refractivity contribution is -0.143. The third-order valence-electron chi connectivity index (χ3n) is 3.56. The summed E-state index contributed by atoms with van der Waals surface area (Å²) in [5, 5.41) is 39.9. The van der Waals surface area contributed by atoms with E-state index >= 15 is 0 Å². The third-order valence-corrected chi connectivity index (χ3v) is 3.56. The van der Waals surface area contributed by atoms with Crippen molar-refractivity contribution in [2.75, 3.05) is 6.61 Å². The van der Waals surface area contributed by atoms with Gasteiger partial charge in [0.1, 0.15) is 17.5 Å². The lowest BCUT2D eigenvalue weighted by Gasteiger charge is -2.20. The standard InChI is InChI=1S/C16H23NO6/c1-9(2)15(16(22)23)17-14(21)6-10(8-18)5-11-3-4-12(19)7-13(11)20/h3-4,7,9-10,15,18-20H,5-6,8H2,1-2H3,(H,17,21)(H,22,23). The molecule has 23 heavy (non-hydrogen) atoms. The summed E-state index contributed by atoms with van der Waals surface area (Å²) in [6.45, 7) is 3.10. The summed E-state index contributed by atoms with van der Waals surface area (Å²) in [7, 11) is 0. The average molecular weight is 325 g/mol. The number of phenols is 2. The van der Waals surface area contributed by atoms with E-state index in [4.69, 9.17) is 5.11 Å². The average Bonchev–Trinajstić information content (AvgIpc) is 2.46. The molecule has 2 atom stereocenters. The van der Waals surface area contributed by atoms with Crippen LogP contribution in [0.25, 0.3) is 0 Å². The summed E-state index contributed by atoms with van der Waals surface area (Å²) >= 11 is 0. The zero-order valence-corrected chi connectivity index (χ0v) is 13.2. The number of phenolic OH excluding ortho intramolecular Hbond substituents is 2. The number of rotatable bonds is 8. The van der Waals surface area contributed by atoms with Gasteiger partial charge in [0.05, 0.1) is 0 Å². The van der Waals surface area contributed by atoms with E-state index in [0.29, 0.717) is 5.56 Å². The topological polar surface area (TPSA) is 127 Å². The van der Waals surface area contributed by atoms with E-state index in [9.17, 15) is 24.9 Å². The molecule has 5 N–H and O–H groups in total. The van der Waals surface area contributed by atoms with Gasteiger partial charge in [-0.1, -0.05) is 19.9 Å². The Morgan fingerprint density at radius 3 is 2.35 bits per heavy atom. The molecule has 2 unspecified atom stereocenters. The molecule has 0 aliphatic carbocycles. The van der Waals surface area contributed by atoms with Crippen LogP contribution in [0.15, 0.2) is 18.2 Å². The van der Waals surface area contributed by atoms with Gasteiger partial charge in [-0.25, -0.2) is 4.79 Å². The van der Waals surface area contributed by atoms with Crippen LogP contribution in [0.2, 0.25) is 0 Å². The molecular formula is C16H23NO6. The highest BCUT2D eigenvalue weighted by molar-refractivity contribution is 5.83. The highest BCUT2D eigenvalue weighted by Crippen LogP contribution is 2.25. The second kappa shape index (κ2) is 8.38. The highest BCUT2D eigenvalue weighted by atomic mass is 16.4. The summed E-state index contributed by atoms with van der Waals surface area (Å²) < 4.78 is 0. The summed E-state index contributed by atoms with van der Waals surface area (Å²) in [5.41, 5.74) is 0.494. The summed E-state index contributed by atoms with van der Waals surface area (Å²) in [4.78, 5) is 23.1. The molecule has 1 aromatic carbocycles. The lowest BCUT2D eigenvalue weighted by atomic mass is 9.95. The quantitative estimate of drug-likeness (QED) is 0.482. The van der Waals surface area contributed by atoms with Crippen molar-refractivity contribution in [1.29, 1.82) is 0 Å². The number of aliphatic hydroxyl groups excluding tert-OH is 1. The second-order valence-corrected chi connectivity index (χ2v) is 5.90. The van der Waals surface area contributed by atoms with Gasteiger partial charge in [0, 0.05) is 19.1 Å². The van der Waals surface area contributed by atoms with Crippen molar-refractivity contribution < 1.29 is 30.0 Å². The molecule has 0 aliphatic rings. The molecule has 0 spiro atoms. The second-order valence-electron chi connectivity index (χ2n) is 5.90. The van der Waals surface area contributed by atoms with Crippen LogP contribution < -0.4 is 5.32 Å². The zero-order valence-electron chi connectivity index (χ0n) is 13.2. The maximum Gasteiger partial charge on any atom is 0.326 e. The predicted molar refractivity (Wildman–Crippen MR) is 83.1 cm³/mol. The van der Waals surface area contributed by atoms with Crippen LogP contribution in [0.3, 0.4) is 0 Å². The molecule has 0 heterocycles. The Morgan fingerprint density at radius 2 is 1.87 bits per heavy atom. The molecule has 0 aromatic heterocycles. The van der Waals surface area contributed by atoms with Crippen molar-refractivity contribution in [3.63, 3.8) is 0 Å². The van der Waals surface area contributed by atoms with Crippen LogP contribution in [-0.2, 0) is 16.0 Å². The number of carbonyl (C=O) groups is 2. The largest absolute Gasteiger partial charge is 0.508 e. The molecule has 0 saturated heterocycles. The Kier molecular flexibility index (Phi) is 6.84. The Bertz CT molecular complexity index is 558. The molecule has 0 bridgehead atoms. The van der Waals surface area contributed by atoms with Crippen molar-refractivity contribution in [3.05, 3.63) is 23.8 Å². The monoisotopic (exact) mass is 325 g/mol. The van der Waals surface area contributed by atoms with Crippen molar-refractivity contribution in [2.45, 2.75) is 32.7 Å². The zero-order chi connectivity index (χ0) is 17.6. The Morgan fingerprint density at radius 1 is 1.22 bits per heavy atom. The van der Waals surface area contributed by atoms with Crippen molar-refractivity contribution in [3.8, 4) is 11.5 Å². The van der Waals surface area contributed by atoms with Crippen LogP contribution in [0, 0.1) is 11.8 Å². The van der Waals surface area contributed by atoms with Gasteiger partial charge in [-0.15, -0.1) is 0 Å². The molecule has 0 aliphatic heterocycles. The molecule has 1 aromatic rings. The number of hydrogen-bond donors (Lipinski definition) is 5. The van der Waals surface area contributed by atoms with Crippen molar-refractivity contribution in [2.24, 2.45) is 11.8 Å². The minimum Gasteiger partial charge on any atom is -0.508 e. The molecule has 0 saturated carbocycles. The van der Waals surface area contributed by atoms with E-state index in [2.05, 4.69) is 5.32 Å². The van der Waals surface area contributed by atoms with Gasteiger partial charge in [0.15, 0.2) is 0 Å². The van der Waals surface area contributed by atoms with Crippen molar-refractivity contribution >= 4 is 11.9 Å². The van der Waals surface area contributed by atoms with E-state index in [1.165, 1.54) is 18.2 Å². The fraction of sp³-hybridized carbons (Fsp3) is 0.500. The number of carbonyl (C=O) groups excluding carboxylic acids is 1. The molecule has 1 rings (SSSR count). The first-order valence-electron chi connectivity index (χ1n) is 7.38. The number of benzene rings is 1. The fourth-order valence-corrected chi connectivity index (χ4v) is 2.25. The summed E-state index contributed by atoms with van der Waals surface area (Å²) in [6.07, 6.45) is 0.169. The fourth-order valence-electron chi connectivity index (χ4n) is 2.25. The summed E-state index contributed by atoms with van der Waals surface area (Å²) in [6, 6.07) is 3.12. The SMILES string of the molecule is CC(C)C(NC(=O)CC(CO)Cc1ccc(O)cc1O)C(=O)O. The lowest BCUT2D eigenvalue weighted by Crippen LogP contribution is -2.45. The van der Waals surface area contributed by atoms with Gasteiger partial charge in [-0.3, -0.25) is 4.79 Å². The normalized spacial score (nSPS) is 13.6. The predicted octanol–water partition coefficient (Wildman–Crippen LogP) is 0.864. The van der Waals surface area contributed by atoms with Crippen LogP contribution in [0.1, 0.15) is 25.8 Å². The van der Waals surface area contributed by atoms with Crippen molar-refractivity contribution in [1.82, 2.24) is 5.32 Å². The summed E-state index contributed by atoms with van der Waals surface area (Å²) in [5.74, 6) is -2.49. The Hall–Kier alpha value is -2.28. The minimum atomic E-state index is -1.11. The van der Waals surface area contributed by atoms with Crippen LogP contribution in [0.5, 0.6) is 11.5 Å². The number of amides is 1. The van der Waals surface area contributed by atoms with E-state index in [0.717, 1.165) is 0 Å². The molecule has 7 heteroatoms. The first kappa shape index (κ1) is 18.8. The Balaban J connectivity index is 2.68. The Labute approximate surface area is 134 Å². The van der Waals surface area contributed by atoms with Crippen LogP contribution >= 0.6 is 0 Å². The van der Waals surface area contributed by atoms with E-state index in [-0.39, 0.29) is 36.9 Å². The maximum absolute atomic E-state index is 12.0. The molecule has 128 valence electrons. The van der Waals surface area contributed by atoms with E-state index in [1.54, 1.807) is 13.8 Å². The maximum atomic E-state index is 12.0. The number of aliphatic hydroxyl groups is 1. The first-order chi connectivity index (χ1) is 10.7. The molecule has 0 fully saturated rings. The van der Waals surface area contributed by atoms with Crippen LogP contribution in [-0.4, -0.2) is 45.0 Å². The number of nitrogens with one attached hydrogen (secondary N) is 1. The van der Waals surface area contributed by atoms with E-state index in [1.807, 2.05) is 0 Å². The van der Waals surface area contributed by atoms with Gasteiger partial charge >= 0.3 is 5.97 Å². The van der Waals surface area contributed by atoms with Gasteiger partial charge < -0.3 is 25.7 Å². The number of carboxylic acid groups (broad SMARTS) is 1. The third kappa shape index (κ3) is 5.78. The van der Waals surface area contributed by atoms with Gasteiger partial charge in [0.25, 0.3) is 0 Å². The van der Waals surface area contributed by atoms with Gasteiger partial charge in [-0.05, 0) is 29.9 Å². The van der Waals surface area contributed by atoms with Gasteiger partial charge in [-0.2, -0.15) is 0 Å².